The number of hydrogen-bond acceptors (Lipinski definition) is 7. The largest absolute Gasteiger partial charge is 0.468 e. The summed E-state index contributed by atoms with van der Waals surface area (Å²) in [5.74, 6) is -1.83. The van der Waals surface area contributed by atoms with Gasteiger partial charge in [0.25, 0.3) is 0 Å². The van der Waals surface area contributed by atoms with Crippen molar-refractivity contribution in [1.29, 1.82) is 0 Å². The van der Waals surface area contributed by atoms with E-state index in [4.69, 9.17) is 4.74 Å². The van der Waals surface area contributed by atoms with Gasteiger partial charge in [0, 0.05) is 6.54 Å². The smallest absolute Gasteiger partial charge is 0.408 e. The summed E-state index contributed by atoms with van der Waals surface area (Å²) in [6, 6.07) is 3.09. The number of nitrogens with zero attached hydrogens (tertiary/aromatic N) is 1. The molecule has 0 spiro atoms. The quantitative estimate of drug-likeness (QED) is 0.246. The van der Waals surface area contributed by atoms with Gasteiger partial charge >= 0.3 is 12.1 Å². The molecule has 0 radical (unpaired) electrons. The number of unbranched alkanes of at least 4 members (excludes halogenated alkanes) is 4. The van der Waals surface area contributed by atoms with Crippen LogP contribution >= 0.6 is 0 Å². The first-order valence-corrected chi connectivity index (χ1v) is 13.2. The van der Waals surface area contributed by atoms with Crippen molar-refractivity contribution in [3.05, 3.63) is 34.9 Å². The molecule has 0 fully saturated rings. The van der Waals surface area contributed by atoms with Crippen LogP contribution in [0.1, 0.15) is 82.5 Å². The van der Waals surface area contributed by atoms with Crippen molar-refractivity contribution in [3.8, 4) is 0 Å². The number of nitrogens with one attached hydrogen (secondary N) is 2. The fourth-order valence-electron chi connectivity index (χ4n) is 4.00. The van der Waals surface area contributed by atoms with E-state index in [1.165, 1.54) is 12.0 Å². The van der Waals surface area contributed by atoms with Gasteiger partial charge in [-0.2, -0.15) is 0 Å². The minimum Gasteiger partial charge on any atom is -0.468 e. The molecule has 0 saturated heterocycles. The molecule has 1 rings (SSSR count). The van der Waals surface area contributed by atoms with Gasteiger partial charge in [-0.15, -0.1) is 0 Å². The fraction of sp³-hybridized carbons (Fsp3) is 0.643. The maximum Gasteiger partial charge on any atom is 0.408 e. The minimum absolute atomic E-state index is 0.207. The molecule has 38 heavy (non-hydrogen) atoms. The standard InChI is InChI=1S/C28H45N3O7/c1-8-9-10-11-12-15-31(26(35)22(18-32)30-27(36)38-28(4,5)6)24(25(34)29-17-23(33)37-7)21-14-13-19(2)16-20(21)3/h13-14,16,22,24,32H,8-12,15,17-18H2,1-7H3,(H,29,34)(H,30,36). The molecule has 0 saturated carbocycles. The molecule has 2 unspecified atom stereocenters. The number of carbonyl (C=O) groups excluding carboxylic acids is 4. The van der Waals surface area contributed by atoms with Crippen LogP contribution in [0.25, 0.3) is 0 Å². The van der Waals surface area contributed by atoms with Gasteiger partial charge in [0.2, 0.25) is 11.8 Å². The van der Waals surface area contributed by atoms with Gasteiger partial charge in [0.05, 0.1) is 13.7 Å². The summed E-state index contributed by atoms with van der Waals surface area (Å²) in [5, 5.41) is 15.0. The Balaban J connectivity index is 3.44. The number of alkyl carbamates (subject to hydrolysis) is 1. The highest BCUT2D eigenvalue weighted by Gasteiger charge is 2.36. The Morgan fingerprint density at radius 3 is 2.26 bits per heavy atom. The lowest BCUT2D eigenvalue weighted by Gasteiger charge is -2.34. The second-order valence-corrected chi connectivity index (χ2v) is 10.4. The predicted octanol–water partition coefficient (Wildman–Crippen LogP) is 3.32. The Bertz CT molecular complexity index is 943. The number of benzene rings is 1. The van der Waals surface area contributed by atoms with Gasteiger partial charge in [-0.25, -0.2) is 4.79 Å². The van der Waals surface area contributed by atoms with E-state index < -0.39 is 48.2 Å². The average Bonchev–Trinajstić information content (AvgIpc) is 2.84. The zero-order chi connectivity index (χ0) is 28.9. The lowest BCUT2D eigenvalue weighted by molar-refractivity contribution is -0.145. The van der Waals surface area contributed by atoms with E-state index >= 15 is 0 Å². The van der Waals surface area contributed by atoms with E-state index in [9.17, 15) is 24.3 Å². The predicted molar refractivity (Wildman–Crippen MR) is 144 cm³/mol. The van der Waals surface area contributed by atoms with Crippen LogP contribution in [-0.2, 0) is 23.9 Å². The monoisotopic (exact) mass is 535 g/mol. The highest BCUT2D eigenvalue weighted by molar-refractivity contribution is 5.93. The molecule has 0 aliphatic carbocycles. The molecular formula is C28H45N3O7. The molecule has 1 aromatic rings. The normalized spacial score (nSPS) is 12.7. The zero-order valence-corrected chi connectivity index (χ0v) is 23.9. The third-order valence-corrected chi connectivity index (χ3v) is 5.87. The summed E-state index contributed by atoms with van der Waals surface area (Å²) < 4.78 is 9.91. The fourth-order valence-corrected chi connectivity index (χ4v) is 4.00. The number of aliphatic hydroxyl groups excluding tert-OH is 1. The third kappa shape index (κ3) is 11.1. The number of carbonyl (C=O) groups is 4. The number of aryl methyl sites for hydroxylation is 2. The number of hydrogen-bond donors (Lipinski definition) is 3. The molecule has 0 heterocycles. The summed E-state index contributed by atoms with van der Waals surface area (Å²) in [4.78, 5) is 52.9. The van der Waals surface area contributed by atoms with E-state index in [0.29, 0.717) is 12.0 Å². The van der Waals surface area contributed by atoms with E-state index in [-0.39, 0.29) is 13.1 Å². The van der Waals surface area contributed by atoms with Crippen molar-refractivity contribution in [2.45, 2.75) is 91.3 Å². The molecule has 0 aromatic heterocycles. The summed E-state index contributed by atoms with van der Waals surface area (Å²) in [6.45, 7) is 10.1. The Hall–Kier alpha value is -3.14. The Morgan fingerprint density at radius 2 is 1.71 bits per heavy atom. The average molecular weight is 536 g/mol. The maximum atomic E-state index is 13.8. The zero-order valence-electron chi connectivity index (χ0n) is 23.9. The maximum absolute atomic E-state index is 13.8. The summed E-state index contributed by atoms with van der Waals surface area (Å²) >= 11 is 0. The molecule has 10 heteroatoms. The summed E-state index contributed by atoms with van der Waals surface area (Å²) in [7, 11) is 1.22. The van der Waals surface area contributed by atoms with Crippen molar-refractivity contribution in [3.63, 3.8) is 0 Å². The number of aliphatic hydroxyl groups is 1. The Morgan fingerprint density at radius 1 is 1.05 bits per heavy atom. The highest BCUT2D eigenvalue weighted by Crippen LogP contribution is 2.27. The minimum atomic E-state index is -1.33. The van der Waals surface area contributed by atoms with Crippen molar-refractivity contribution >= 4 is 23.9 Å². The van der Waals surface area contributed by atoms with E-state index in [1.54, 1.807) is 26.8 Å². The lowest BCUT2D eigenvalue weighted by atomic mass is 9.96. The van der Waals surface area contributed by atoms with Crippen molar-refractivity contribution < 1.29 is 33.8 Å². The van der Waals surface area contributed by atoms with Crippen LogP contribution in [-0.4, -0.2) is 72.3 Å². The third-order valence-electron chi connectivity index (χ3n) is 5.87. The van der Waals surface area contributed by atoms with Gasteiger partial charge in [-0.1, -0.05) is 56.4 Å². The summed E-state index contributed by atoms with van der Waals surface area (Å²) in [5.41, 5.74) is 1.54. The van der Waals surface area contributed by atoms with E-state index in [1.807, 2.05) is 26.0 Å². The Labute approximate surface area is 226 Å². The molecule has 2 atom stereocenters. The number of rotatable bonds is 14. The van der Waals surface area contributed by atoms with Gasteiger partial charge in [-0.05, 0) is 52.2 Å². The first-order valence-electron chi connectivity index (χ1n) is 13.2. The van der Waals surface area contributed by atoms with E-state index in [2.05, 4.69) is 22.3 Å². The molecule has 10 nitrogen and oxygen atoms in total. The molecule has 1 aromatic carbocycles. The molecule has 0 bridgehead atoms. The Kier molecular flexibility index (Phi) is 13.8. The van der Waals surface area contributed by atoms with Crippen molar-refractivity contribution in [2.24, 2.45) is 0 Å². The van der Waals surface area contributed by atoms with Crippen LogP contribution in [0.15, 0.2) is 18.2 Å². The number of methoxy groups -OCH3 is 1. The van der Waals surface area contributed by atoms with Crippen molar-refractivity contribution in [2.75, 3.05) is 26.8 Å². The second kappa shape index (κ2) is 16.0. The molecule has 0 aliphatic heterocycles. The van der Waals surface area contributed by atoms with Crippen LogP contribution in [0.3, 0.4) is 0 Å². The molecular weight excluding hydrogens is 490 g/mol. The molecule has 214 valence electrons. The van der Waals surface area contributed by atoms with Crippen LogP contribution in [0.5, 0.6) is 0 Å². The van der Waals surface area contributed by atoms with Crippen LogP contribution in [0, 0.1) is 13.8 Å². The topological polar surface area (TPSA) is 134 Å². The SMILES string of the molecule is CCCCCCCN(C(=O)C(CO)NC(=O)OC(C)(C)C)C(C(=O)NCC(=O)OC)c1ccc(C)cc1C. The van der Waals surface area contributed by atoms with E-state index in [0.717, 1.165) is 36.8 Å². The van der Waals surface area contributed by atoms with Gasteiger partial charge in [0.1, 0.15) is 24.2 Å². The first kappa shape index (κ1) is 32.9. The molecule has 0 aliphatic rings. The van der Waals surface area contributed by atoms with Gasteiger partial charge in [0.15, 0.2) is 0 Å². The summed E-state index contributed by atoms with van der Waals surface area (Å²) in [6.07, 6.45) is 3.67. The highest BCUT2D eigenvalue weighted by atomic mass is 16.6. The number of esters is 1. The van der Waals surface area contributed by atoms with Crippen LogP contribution in [0.4, 0.5) is 4.79 Å². The van der Waals surface area contributed by atoms with Gasteiger partial charge in [-0.3, -0.25) is 14.4 Å². The number of ether oxygens (including phenoxy) is 2. The first-order chi connectivity index (χ1) is 17.8. The van der Waals surface area contributed by atoms with Crippen LogP contribution < -0.4 is 10.6 Å². The number of amides is 3. The van der Waals surface area contributed by atoms with Gasteiger partial charge < -0.3 is 30.1 Å². The molecule has 3 N–H and O–H groups in total. The molecule has 3 amide bonds. The lowest BCUT2D eigenvalue weighted by Crippen LogP contribution is -2.55. The van der Waals surface area contributed by atoms with Crippen molar-refractivity contribution in [1.82, 2.24) is 15.5 Å². The second-order valence-electron chi connectivity index (χ2n) is 10.4. The van der Waals surface area contributed by atoms with Crippen LogP contribution in [0.2, 0.25) is 0 Å².